The Bertz CT molecular complexity index is 534. The first kappa shape index (κ1) is 11.2. The summed E-state index contributed by atoms with van der Waals surface area (Å²) in [6.07, 6.45) is 0. The fourth-order valence-corrected chi connectivity index (χ4v) is 1.43. The number of para-hydroxylation sites is 1. The van der Waals surface area contributed by atoms with Crippen LogP contribution in [0.4, 0.5) is 5.88 Å². The lowest BCUT2D eigenvalue weighted by Crippen LogP contribution is -2.12. The topological polar surface area (TPSA) is 64.4 Å². The van der Waals surface area contributed by atoms with Gasteiger partial charge in [-0.05, 0) is 19.1 Å². The minimum Gasteiger partial charge on any atom is -0.496 e. The van der Waals surface area contributed by atoms with E-state index in [1.54, 1.807) is 37.3 Å². The SMILES string of the molecule is COc1ccccc1C(=O)Nc1cc(C)no1. The number of aromatic nitrogens is 1. The highest BCUT2D eigenvalue weighted by molar-refractivity contribution is 6.05. The van der Waals surface area contributed by atoms with E-state index in [0.717, 1.165) is 0 Å². The average molecular weight is 232 g/mol. The fraction of sp³-hybridized carbons (Fsp3) is 0.167. The van der Waals surface area contributed by atoms with Gasteiger partial charge in [0.05, 0.1) is 18.4 Å². The molecule has 2 rings (SSSR count). The van der Waals surface area contributed by atoms with Gasteiger partial charge in [-0.25, -0.2) is 0 Å². The minimum absolute atomic E-state index is 0.293. The number of amides is 1. The summed E-state index contributed by atoms with van der Waals surface area (Å²) in [6.45, 7) is 1.78. The van der Waals surface area contributed by atoms with Gasteiger partial charge in [0.1, 0.15) is 5.75 Å². The molecule has 0 atom stereocenters. The number of methoxy groups -OCH3 is 1. The maximum absolute atomic E-state index is 11.9. The first-order valence-corrected chi connectivity index (χ1v) is 5.08. The van der Waals surface area contributed by atoms with Gasteiger partial charge in [0, 0.05) is 6.07 Å². The zero-order valence-electron chi connectivity index (χ0n) is 9.56. The van der Waals surface area contributed by atoms with Crippen LogP contribution in [0.1, 0.15) is 16.1 Å². The Morgan fingerprint density at radius 1 is 1.41 bits per heavy atom. The normalized spacial score (nSPS) is 10.0. The van der Waals surface area contributed by atoms with Gasteiger partial charge in [0.2, 0.25) is 5.88 Å². The fourth-order valence-electron chi connectivity index (χ4n) is 1.43. The van der Waals surface area contributed by atoms with Crippen molar-refractivity contribution in [3.63, 3.8) is 0 Å². The molecule has 0 aliphatic rings. The third kappa shape index (κ3) is 2.44. The molecule has 0 aliphatic carbocycles. The highest BCUT2D eigenvalue weighted by Crippen LogP contribution is 2.19. The van der Waals surface area contributed by atoms with Crippen molar-refractivity contribution in [2.45, 2.75) is 6.92 Å². The summed E-state index contributed by atoms with van der Waals surface area (Å²) < 4.78 is 10.0. The Morgan fingerprint density at radius 3 is 2.82 bits per heavy atom. The Kier molecular flexibility index (Phi) is 3.09. The van der Waals surface area contributed by atoms with Gasteiger partial charge >= 0.3 is 0 Å². The molecule has 0 bridgehead atoms. The monoisotopic (exact) mass is 232 g/mol. The van der Waals surface area contributed by atoms with E-state index in [0.29, 0.717) is 22.9 Å². The predicted octanol–water partition coefficient (Wildman–Crippen LogP) is 2.24. The number of anilines is 1. The van der Waals surface area contributed by atoms with E-state index >= 15 is 0 Å². The second kappa shape index (κ2) is 4.69. The molecule has 0 saturated heterocycles. The standard InChI is InChI=1S/C12H12N2O3/c1-8-7-11(17-14-8)13-12(15)9-5-3-4-6-10(9)16-2/h3-7H,1-2H3,(H,13,15). The van der Waals surface area contributed by atoms with E-state index in [1.807, 2.05) is 0 Å². The quantitative estimate of drug-likeness (QED) is 0.881. The second-order valence-electron chi connectivity index (χ2n) is 3.49. The van der Waals surface area contributed by atoms with E-state index in [9.17, 15) is 4.79 Å². The molecule has 1 aromatic heterocycles. The molecule has 0 saturated carbocycles. The van der Waals surface area contributed by atoms with Crippen LogP contribution in [0.5, 0.6) is 5.75 Å². The molecule has 5 nitrogen and oxygen atoms in total. The summed E-state index contributed by atoms with van der Waals surface area (Å²) in [5, 5.41) is 6.29. The van der Waals surface area contributed by atoms with Gasteiger partial charge in [0.25, 0.3) is 5.91 Å². The summed E-state index contributed by atoms with van der Waals surface area (Å²) in [6, 6.07) is 8.61. The summed E-state index contributed by atoms with van der Waals surface area (Å²) in [4.78, 5) is 11.9. The number of rotatable bonds is 3. The number of hydrogen-bond acceptors (Lipinski definition) is 4. The number of carbonyl (C=O) groups is 1. The minimum atomic E-state index is -0.293. The maximum atomic E-state index is 11.9. The summed E-state index contributed by atoms with van der Waals surface area (Å²) in [5.74, 6) is 0.540. The zero-order valence-corrected chi connectivity index (χ0v) is 9.56. The summed E-state index contributed by atoms with van der Waals surface area (Å²) >= 11 is 0. The van der Waals surface area contributed by atoms with Crippen LogP contribution in [-0.2, 0) is 0 Å². The van der Waals surface area contributed by atoms with Crippen molar-refractivity contribution in [3.8, 4) is 5.75 Å². The van der Waals surface area contributed by atoms with Gasteiger partial charge in [-0.2, -0.15) is 0 Å². The summed E-state index contributed by atoms with van der Waals surface area (Å²) in [5.41, 5.74) is 1.16. The molecule has 1 aromatic carbocycles. The Labute approximate surface area is 98.4 Å². The van der Waals surface area contributed by atoms with Crippen molar-refractivity contribution in [2.24, 2.45) is 0 Å². The molecule has 1 heterocycles. The van der Waals surface area contributed by atoms with Crippen LogP contribution in [0, 0.1) is 6.92 Å². The molecule has 5 heteroatoms. The lowest BCUT2D eigenvalue weighted by atomic mass is 10.2. The Balaban J connectivity index is 2.20. The lowest BCUT2D eigenvalue weighted by molar-refractivity contribution is 0.102. The van der Waals surface area contributed by atoms with Crippen molar-refractivity contribution in [2.75, 3.05) is 12.4 Å². The van der Waals surface area contributed by atoms with Gasteiger partial charge < -0.3 is 9.26 Å². The molecule has 0 unspecified atom stereocenters. The summed E-state index contributed by atoms with van der Waals surface area (Å²) in [7, 11) is 1.52. The Hall–Kier alpha value is -2.30. The van der Waals surface area contributed by atoms with E-state index in [2.05, 4.69) is 10.5 Å². The van der Waals surface area contributed by atoms with Gasteiger partial charge in [-0.15, -0.1) is 0 Å². The number of ether oxygens (including phenoxy) is 1. The van der Waals surface area contributed by atoms with Crippen molar-refractivity contribution < 1.29 is 14.1 Å². The highest BCUT2D eigenvalue weighted by atomic mass is 16.5. The molecule has 0 radical (unpaired) electrons. The first-order valence-electron chi connectivity index (χ1n) is 5.08. The largest absolute Gasteiger partial charge is 0.496 e. The van der Waals surface area contributed by atoms with Crippen LogP contribution in [0.25, 0.3) is 0 Å². The van der Waals surface area contributed by atoms with Crippen LogP contribution in [0.3, 0.4) is 0 Å². The van der Waals surface area contributed by atoms with Crippen LogP contribution in [-0.4, -0.2) is 18.2 Å². The predicted molar refractivity (Wildman–Crippen MR) is 62.2 cm³/mol. The molecule has 0 spiro atoms. The molecule has 0 aliphatic heterocycles. The van der Waals surface area contributed by atoms with Crippen molar-refractivity contribution in [1.82, 2.24) is 5.16 Å². The van der Waals surface area contributed by atoms with E-state index in [4.69, 9.17) is 9.26 Å². The smallest absolute Gasteiger partial charge is 0.261 e. The number of benzene rings is 1. The van der Waals surface area contributed by atoms with Crippen LogP contribution in [0.2, 0.25) is 0 Å². The van der Waals surface area contributed by atoms with Crippen LogP contribution in [0.15, 0.2) is 34.9 Å². The molecule has 1 N–H and O–H groups in total. The molecule has 2 aromatic rings. The molecule has 88 valence electrons. The Morgan fingerprint density at radius 2 is 2.18 bits per heavy atom. The van der Waals surface area contributed by atoms with Crippen LogP contribution < -0.4 is 10.1 Å². The first-order chi connectivity index (χ1) is 8.20. The number of nitrogens with zero attached hydrogens (tertiary/aromatic N) is 1. The van der Waals surface area contributed by atoms with Crippen molar-refractivity contribution >= 4 is 11.8 Å². The number of nitrogens with one attached hydrogen (secondary N) is 1. The van der Waals surface area contributed by atoms with Gasteiger partial charge in [-0.1, -0.05) is 17.3 Å². The lowest BCUT2D eigenvalue weighted by Gasteiger charge is -2.06. The molecule has 0 fully saturated rings. The van der Waals surface area contributed by atoms with Crippen molar-refractivity contribution in [3.05, 3.63) is 41.6 Å². The second-order valence-corrected chi connectivity index (χ2v) is 3.49. The number of hydrogen-bond donors (Lipinski definition) is 1. The average Bonchev–Trinajstić information content (AvgIpc) is 2.74. The van der Waals surface area contributed by atoms with Crippen LogP contribution >= 0.6 is 0 Å². The third-order valence-corrected chi connectivity index (χ3v) is 2.22. The van der Waals surface area contributed by atoms with Gasteiger partial charge in [-0.3, -0.25) is 10.1 Å². The van der Waals surface area contributed by atoms with Gasteiger partial charge in [0.15, 0.2) is 0 Å². The third-order valence-electron chi connectivity index (χ3n) is 2.22. The number of aryl methyl sites for hydroxylation is 1. The van der Waals surface area contributed by atoms with E-state index < -0.39 is 0 Å². The molecular weight excluding hydrogens is 220 g/mol. The molecule has 17 heavy (non-hydrogen) atoms. The van der Waals surface area contributed by atoms with E-state index in [1.165, 1.54) is 7.11 Å². The molecular formula is C12H12N2O3. The number of carbonyl (C=O) groups excluding carboxylic acids is 1. The maximum Gasteiger partial charge on any atom is 0.261 e. The van der Waals surface area contributed by atoms with E-state index in [-0.39, 0.29) is 5.91 Å². The van der Waals surface area contributed by atoms with Crippen molar-refractivity contribution in [1.29, 1.82) is 0 Å². The highest BCUT2D eigenvalue weighted by Gasteiger charge is 2.13. The zero-order chi connectivity index (χ0) is 12.3. The molecule has 1 amide bonds.